The van der Waals surface area contributed by atoms with Gasteiger partial charge in [-0.3, -0.25) is 4.79 Å². The predicted molar refractivity (Wildman–Crippen MR) is 123 cm³/mol. The summed E-state index contributed by atoms with van der Waals surface area (Å²) in [5, 5.41) is 20.4. The number of carboxylic acid groups (broad SMARTS) is 1. The molecule has 3 aromatic rings. The fourth-order valence-electron chi connectivity index (χ4n) is 3.73. The molecule has 2 aromatic carbocycles. The Morgan fingerprint density at radius 3 is 2.61 bits per heavy atom. The average Bonchev–Trinajstić information content (AvgIpc) is 2.76. The molecule has 0 fully saturated rings. The van der Waals surface area contributed by atoms with E-state index in [1.807, 2.05) is 13.8 Å². The Labute approximate surface area is 194 Å². The third kappa shape index (κ3) is 5.19. The third-order valence-corrected chi connectivity index (χ3v) is 5.78. The molecule has 33 heavy (non-hydrogen) atoms. The summed E-state index contributed by atoms with van der Waals surface area (Å²) in [4.78, 5) is 24.8. The zero-order valence-electron chi connectivity index (χ0n) is 18.5. The number of methoxy groups -OCH3 is 1. The Bertz CT molecular complexity index is 1240. The van der Waals surface area contributed by atoms with Gasteiger partial charge in [0.2, 0.25) is 5.43 Å². The number of phenolic OH excluding ortho intramolecular Hbond substituents is 1. The van der Waals surface area contributed by atoms with Gasteiger partial charge in [0.15, 0.2) is 0 Å². The van der Waals surface area contributed by atoms with Gasteiger partial charge in [0.1, 0.15) is 23.9 Å². The normalized spacial score (nSPS) is 12.4. The second-order valence-electron chi connectivity index (χ2n) is 8.06. The van der Waals surface area contributed by atoms with Crippen LogP contribution in [-0.2, 0) is 15.9 Å². The summed E-state index contributed by atoms with van der Waals surface area (Å²) in [5.74, 6) is -2.15. The van der Waals surface area contributed by atoms with Crippen LogP contribution in [0.5, 0.6) is 5.75 Å². The molecule has 1 heterocycles. The highest BCUT2D eigenvalue weighted by atomic mass is 35.5. The summed E-state index contributed by atoms with van der Waals surface area (Å²) in [6, 6.07) is 6.98. The van der Waals surface area contributed by atoms with Crippen LogP contribution >= 0.6 is 11.6 Å². The van der Waals surface area contributed by atoms with Crippen molar-refractivity contribution in [3.8, 4) is 5.75 Å². The molecule has 3 rings (SSSR count). The van der Waals surface area contributed by atoms with Crippen molar-refractivity contribution in [1.82, 2.24) is 4.57 Å². The molecule has 0 aliphatic heterocycles. The number of hydrogen-bond donors (Lipinski definition) is 2. The third-order valence-electron chi connectivity index (χ3n) is 5.49. The first-order chi connectivity index (χ1) is 15.6. The van der Waals surface area contributed by atoms with Crippen LogP contribution in [0.1, 0.15) is 41.4 Å². The van der Waals surface area contributed by atoms with Crippen LogP contribution in [0.25, 0.3) is 10.9 Å². The molecule has 0 spiro atoms. The largest absolute Gasteiger partial charge is 0.508 e. The van der Waals surface area contributed by atoms with Gasteiger partial charge in [-0.1, -0.05) is 37.6 Å². The molecule has 0 saturated heterocycles. The lowest BCUT2D eigenvalue weighted by atomic mass is 9.98. The fraction of sp³-hybridized carbons (Fsp3) is 0.333. The van der Waals surface area contributed by atoms with E-state index in [4.69, 9.17) is 21.1 Å². The molecule has 0 unspecified atom stereocenters. The number of rotatable bonds is 9. The van der Waals surface area contributed by atoms with Gasteiger partial charge in [-0.15, -0.1) is 0 Å². The molecule has 0 saturated carbocycles. The van der Waals surface area contributed by atoms with Crippen LogP contribution in [0.4, 0.5) is 4.39 Å². The van der Waals surface area contributed by atoms with E-state index in [0.717, 1.165) is 0 Å². The highest BCUT2D eigenvalue weighted by Crippen LogP contribution is 2.31. The van der Waals surface area contributed by atoms with Crippen LogP contribution in [0.15, 0.2) is 41.3 Å². The Hall–Kier alpha value is -2.94. The van der Waals surface area contributed by atoms with Crippen LogP contribution in [0, 0.1) is 11.7 Å². The van der Waals surface area contributed by atoms with Crippen molar-refractivity contribution in [2.45, 2.75) is 26.3 Å². The number of phenols is 1. The maximum Gasteiger partial charge on any atom is 0.341 e. The number of aromatic hydroxyl groups is 1. The minimum absolute atomic E-state index is 0.00317. The van der Waals surface area contributed by atoms with Gasteiger partial charge < -0.3 is 24.3 Å². The minimum Gasteiger partial charge on any atom is -0.508 e. The molecule has 1 atom stereocenters. The number of fused-ring (bicyclic) bond motifs is 1. The van der Waals surface area contributed by atoms with Crippen LogP contribution < -0.4 is 5.43 Å². The number of benzene rings is 2. The van der Waals surface area contributed by atoms with Crippen LogP contribution in [0.3, 0.4) is 0 Å². The molecular weight excluding hydrogens is 453 g/mol. The number of aromatic nitrogens is 1. The number of aromatic carboxylic acids is 1. The number of pyridine rings is 1. The molecule has 0 aliphatic rings. The van der Waals surface area contributed by atoms with Crippen molar-refractivity contribution < 1.29 is 28.9 Å². The van der Waals surface area contributed by atoms with Gasteiger partial charge in [-0.05, 0) is 29.2 Å². The van der Waals surface area contributed by atoms with E-state index in [-0.39, 0.29) is 59.1 Å². The zero-order valence-corrected chi connectivity index (χ0v) is 19.2. The maximum absolute atomic E-state index is 14.4. The van der Waals surface area contributed by atoms with Gasteiger partial charge in [0.05, 0.1) is 23.2 Å². The van der Waals surface area contributed by atoms with Crippen molar-refractivity contribution >= 4 is 28.5 Å². The molecule has 1 aromatic heterocycles. The zero-order chi connectivity index (χ0) is 24.3. The fourth-order valence-corrected chi connectivity index (χ4v) is 3.93. The Morgan fingerprint density at radius 1 is 1.24 bits per heavy atom. The number of halogens is 2. The lowest BCUT2D eigenvalue weighted by Crippen LogP contribution is -2.26. The highest BCUT2D eigenvalue weighted by molar-refractivity contribution is 6.30. The molecule has 0 bridgehead atoms. The quantitative estimate of drug-likeness (QED) is 0.345. The molecule has 176 valence electrons. The van der Waals surface area contributed by atoms with Crippen molar-refractivity contribution in [3.63, 3.8) is 0 Å². The van der Waals surface area contributed by atoms with E-state index in [9.17, 15) is 24.2 Å². The van der Waals surface area contributed by atoms with Gasteiger partial charge >= 0.3 is 5.97 Å². The summed E-state index contributed by atoms with van der Waals surface area (Å²) in [7, 11) is 1.49. The molecule has 0 radical (unpaired) electrons. The summed E-state index contributed by atoms with van der Waals surface area (Å²) in [6.45, 7) is 4.11. The van der Waals surface area contributed by atoms with Gasteiger partial charge in [0.25, 0.3) is 0 Å². The van der Waals surface area contributed by atoms with E-state index in [1.54, 1.807) is 10.6 Å². The number of nitrogens with zero attached hydrogens (tertiary/aromatic N) is 1. The van der Waals surface area contributed by atoms with E-state index < -0.39 is 22.8 Å². The predicted octanol–water partition coefficient (Wildman–Crippen LogP) is 4.61. The SMILES string of the molecule is COCOC[C@H](C(C)C)n1cc(C(=O)O)c(=O)c2cc(Cc3cccc(Cl)c3F)c(O)cc21. The van der Waals surface area contributed by atoms with Crippen molar-refractivity contribution in [1.29, 1.82) is 0 Å². The first-order valence-electron chi connectivity index (χ1n) is 10.3. The van der Waals surface area contributed by atoms with Gasteiger partial charge in [-0.2, -0.15) is 0 Å². The first kappa shape index (κ1) is 24.7. The topological polar surface area (TPSA) is 98.0 Å². The summed E-state index contributed by atoms with van der Waals surface area (Å²) in [5.41, 5.74) is -0.253. The monoisotopic (exact) mass is 477 g/mol. The van der Waals surface area contributed by atoms with E-state index in [1.165, 1.54) is 37.6 Å². The lowest BCUT2D eigenvalue weighted by molar-refractivity contribution is -0.0457. The molecule has 9 heteroatoms. The average molecular weight is 478 g/mol. The standard InChI is InChI=1S/C24H25ClFNO6/c1-13(2)20(11-33-12-32-3)27-10-17(24(30)31)23(29)16-8-15(21(28)9-19(16)27)7-14-5-4-6-18(25)22(14)26/h4-6,8-10,13,20,28H,7,11-12H2,1-3H3,(H,30,31)/t20-/m1/s1. The van der Waals surface area contributed by atoms with E-state index >= 15 is 0 Å². The number of ether oxygens (including phenoxy) is 2. The van der Waals surface area contributed by atoms with E-state index in [2.05, 4.69) is 0 Å². The summed E-state index contributed by atoms with van der Waals surface area (Å²) >= 11 is 5.86. The molecular formula is C24H25ClFNO6. The Balaban J connectivity index is 2.22. The second kappa shape index (κ2) is 10.3. The maximum atomic E-state index is 14.4. The van der Waals surface area contributed by atoms with Crippen LogP contribution in [-0.4, -0.2) is 41.3 Å². The summed E-state index contributed by atoms with van der Waals surface area (Å²) in [6.07, 6.45) is 1.24. The van der Waals surface area contributed by atoms with Crippen molar-refractivity contribution in [2.24, 2.45) is 5.92 Å². The van der Waals surface area contributed by atoms with Crippen molar-refractivity contribution in [2.75, 3.05) is 20.5 Å². The van der Waals surface area contributed by atoms with Crippen molar-refractivity contribution in [3.05, 3.63) is 74.3 Å². The number of carbonyl (C=O) groups is 1. The van der Waals surface area contributed by atoms with Gasteiger partial charge in [-0.25, -0.2) is 9.18 Å². The van der Waals surface area contributed by atoms with Gasteiger partial charge in [0, 0.05) is 31.2 Å². The smallest absolute Gasteiger partial charge is 0.341 e. The second-order valence-corrected chi connectivity index (χ2v) is 8.47. The summed E-state index contributed by atoms with van der Waals surface area (Å²) < 4.78 is 26.5. The van der Waals surface area contributed by atoms with Crippen LogP contribution in [0.2, 0.25) is 5.02 Å². The molecule has 7 nitrogen and oxygen atoms in total. The molecule has 0 amide bonds. The molecule has 0 aliphatic carbocycles. The Kier molecular flexibility index (Phi) is 7.73. The Morgan fingerprint density at radius 2 is 1.97 bits per heavy atom. The lowest BCUT2D eigenvalue weighted by Gasteiger charge is -2.26. The first-order valence-corrected chi connectivity index (χ1v) is 10.7. The highest BCUT2D eigenvalue weighted by Gasteiger charge is 2.23. The number of carboxylic acids is 1. The molecule has 2 N–H and O–H groups in total. The number of hydrogen-bond acceptors (Lipinski definition) is 5. The minimum atomic E-state index is -1.37. The van der Waals surface area contributed by atoms with E-state index in [0.29, 0.717) is 5.52 Å².